The standard InChI is InChI=1S/3C3H8O.C2H5Br.C2H6O.C2H4O.CH2O3.CH4O.B.BrH.2K.Na.2H/c3*1-3-4-2;3*1-2-3;2-1-4-3;1-2;;;;;;;/h3*3H2,1-2H3;2H2,1H3;3H,2H2,1H3;2H,1H3;1,3H;2H,1H3;;1H;;;;;/q;;;;;;;;;;3*+1;2*-1/p-1. The number of rotatable bonds is 4. The van der Waals surface area contributed by atoms with Crippen molar-refractivity contribution in [1.29, 1.82) is 0 Å². The zero-order valence-corrected chi connectivity index (χ0v) is 34.4. The fraction of sp³-hybridized carbons (Fsp3) is 0.882. The van der Waals surface area contributed by atoms with E-state index in [9.17, 15) is 0 Å². The molecule has 0 atom stereocenters. The summed E-state index contributed by atoms with van der Waals surface area (Å²) >= 11 is 3.15. The van der Waals surface area contributed by atoms with E-state index in [4.69, 9.17) is 25.1 Å². The Morgan fingerprint density at radius 1 is 0.875 bits per heavy atom. The molecule has 3 radical (unpaired) electrons. The second-order valence-electron chi connectivity index (χ2n) is 2.74. The summed E-state index contributed by atoms with van der Waals surface area (Å²) in [5, 5.41) is 24.1. The van der Waals surface area contributed by atoms with Gasteiger partial charge in [0, 0.05) is 68.6 Å². The Morgan fingerprint density at radius 3 is 0.938 bits per heavy atom. The number of alkyl halides is 1. The Balaban J connectivity index is -0.00000000913. The Hall–Kier alpha value is 4.20. The second-order valence-corrected chi connectivity index (χ2v) is 3.87. The first-order valence-corrected chi connectivity index (χ1v) is 9.23. The van der Waals surface area contributed by atoms with Crippen LogP contribution in [0.4, 0.5) is 0 Å². The predicted molar refractivity (Wildman–Crippen MR) is 130 cm³/mol. The summed E-state index contributed by atoms with van der Waals surface area (Å²) in [6.45, 7) is 13.6. The third kappa shape index (κ3) is 561. The number of aliphatic hydroxyl groups excluding tert-OH is 2. The number of carbonyl (C=O) groups excluding carboxylic acids is 2. The summed E-state index contributed by atoms with van der Waals surface area (Å²) < 4.78 is 13.6. The van der Waals surface area contributed by atoms with Crippen LogP contribution in [0.5, 0.6) is 0 Å². The number of ether oxygens (including phenoxy) is 3. The molecule has 2 N–H and O–H groups in total. The minimum absolute atomic E-state index is 0. The molecule has 9 nitrogen and oxygen atoms in total. The van der Waals surface area contributed by atoms with Crippen molar-refractivity contribution in [2.45, 2.75) is 41.5 Å². The van der Waals surface area contributed by atoms with Crippen LogP contribution in [-0.2, 0) is 28.7 Å². The van der Waals surface area contributed by atoms with Gasteiger partial charge in [0.25, 0.3) is 6.47 Å². The van der Waals surface area contributed by atoms with Gasteiger partial charge in [-0.25, -0.2) is 0 Å². The molecule has 0 aliphatic carbocycles. The maximum Gasteiger partial charge on any atom is 1.00 e. The van der Waals surface area contributed by atoms with Crippen molar-refractivity contribution in [2.75, 3.05) is 60.2 Å². The Morgan fingerprint density at radius 2 is 0.938 bits per heavy atom. The van der Waals surface area contributed by atoms with Gasteiger partial charge in [0.1, 0.15) is 6.29 Å². The molecule has 0 aromatic rings. The first-order chi connectivity index (χ1) is 12.9. The van der Waals surface area contributed by atoms with E-state index in [1.54, 1.807) is 28.3 Å². The largest absolute Gasteiger partial charge is 1.00 e. The zero-order valence-electron chi connectivity index (χ0n) is 24.8. The topological polar surface area (TPSA) is 135 Å². The van der Waals surface area contributed by atoms with Crippen LogP contribution in [-0.4, -0.2) is 91.6 Å². The van der Waals surface area contributed by atoms with Gasteiger partial charge >= 0.3 is 132 Å². The first kappa shape index (κ1) is 83.3. The van der Waals surface area contributed by atoms with Crippen molar-refractivity contribution in [1.82, 2.24) is 0 Å². The predicted octanol–water partition coefficient (Wildman–Crippen LogP) is -6.96. The minimum atomic E-state index is -0.181. The minimum Gasteiger partial charge on any atom is -1.00 e. The molecule has 0 aliphatic rings. The van der Waals surface area contributed by atoms with Crippen molar-refractivity contribution in [3.05, 3.63) is 0 Å². The van der Waals surface area contributed by atoms with E-state index in [-0.39, 0.29) is 174 Å². The summed E-state index contributed by atoms with van der Waals surface area (Å²) in [6.07, 6.45) is 0.750. The van der Waals surface area contributed by atoms with Crippen LogP contribution < -0.4 is 138 Å². The molecule has 32 heavy (non-hydrogen) atoms. The smallest absolute Gasteiger partial charge is 1.00 e. The average molecular weight is 667 g/mol. The summed E-state index contributed by atoms with van der Waals surface area (Å²) in [6, 6.07) is 0. The van der Waals surface area contributed by atoms with E-state index in [2.05, 4.69) is 35.0 Å². The molecular formula is C17H47BBr2K2NaO9. The van der Waals surface area contributed by atoms with E-state index in [0.717, 1.165) is 38.5 Å². The molecule has 0 fully saturated rings. The van der Waals surface area contributed by atoms with Gasteiger partial charge in [0.2, 0.25) is 0 Å². The van der Waals surface area contributed by atoms with Crippen LogP contribution in [0.1, 0.15) is 44.4 Å². The molecule has 0 unspecified atom stereocenters. The zero-order chi connectivity index (χ0) is 23.8. The van der Waals surface area contributed by atoms with Crippen molar-refractivity contribution in [3.63, 3.8) is 0 Å². The number of carbonyl (C=O) groups is 2. The molecule has 0 bridgehead atoms. The van der Waals surface area contributed by atoms with Crippen LogP contribution >= 0.6 is 32.9 Å². The molecule has 0 aromatic carbocycles. The van der Waals surface area contributed by atoms with Crippen LogP contribution in [0.2, 0.25) is 0 Å². The van der Waals surface area contributed by atoms with Gasteiger partial charge in [0.05, 0.1) is 0 Å². The number of halogens is 2. The summed E-state index contributed by atoms with van der Waals surface area (Å²) in [4.78, 5) is 20.1. The average Bonchev–Trinajstić information content (AvgIpc) is 2.71. The quantitative estimate of drug-likeness (QED) is 0.0988. The number of hydrogen-bond donors (Lipinski definition) is 2. The van der Waals surface area contributed by atoms with E-state index in [1.807, 2.05) is 27.7 Å². The van der Waals surface area contributed by atoms with Gasteiger partial charge < -0.3 is 42.2 Å². The fourth-order valence-corrected chi connectivity index (χ4v) is 0. The monoisotopic (exact) mass is 665 g/mol. The van der Waals surface area contributed by atoms with Crippen molar-refractivity contribution < 1.29 is 179 Å². The van der Waals surface area contributed by atoms with Crippen LogP contribution in [0.25, 0.3) is 0 Å². The van der Waals surface area contributed by atoms with Gasteiger partial charge in [-0.15, -0.1) is 17.0 Å². The van der Waals surface area contributed by atoms with E-state index >= 15 is 0 Å². The van der Waals surface area contributed by atoms with E-state index in [0.29, 0.717) is 0 Å². The molecule has 15 heteroatoms. The molecule has 0 rings (SSSR count). The number of aliphatic hydroxyl groups is 2. The molecule has 189 valence electrons. The molecule has 0 spiro atoms. The number of hydrogen-bond acceptors (Lipinski definition) is 9. The third-order valence-electron chi connectivity index (χ3n) is 0.905. The second kappa shape index (κ2) is 178. The Labute approximate surface area is 329 Å². The molecule has 0 aliphatic heterocycles. The fourth-order valence-electron chi connectivity index (χ4n) is 0. The molecule has 0 aromatic heterocycles. The van der Waals surface area contributed by atoms with Gasteiger partial charge in [-0.3, -0.25) is 4.79 Å². The molecule has 0 heterocycles. The molecule has 0 saturated carbocycles. The number of aldehydes is 1. The van der Waals surface area contributed by atoms with Crippen LogP contribution in [0.15, 0.2) is 0 Å². The number of methoxy groups -OCH3 is 3. The summed E-state index contributed by atoms with van der Waals surface area (Å²) in [5.41, 5.74) is 0. The third-order valence-corrected chi connectivity index (χ3v) is 0.905. The van der Waals surface area contributed by atoms with Gasteiger partial charge in [-0.1, -0.05) is 22.9 Å². The Bertz CT molecular complexity index is 165. The molecular weight excluding hydrogens is 620 g/mol. The van der Waals surface area contributed by atoms with Crippen LogP contribution in [0, 0.1) is 0 Å². The molecule has 0 amide bonds. The normalized spacial score (nSPS) is 5.19. The summed E-state index contributed by atoms with van der Waals surface area (Å²) in [7, 11) is 6.04. The maximum absolute atomic E-state index is 8.81. The van der Waals surface area contributed by atoms with Crippen molar-refractivity contribution >= 4 is 54.1 Å². The SMILES string of the molecule is Br.CC=O.CCBr.CCO.CCOC.CCOC.CCOC.CO.O=CO[O-].[B].[H-].[H-].[K+].[K+].[Na+]. The first-order valence-electron chi connectivity index (χ1n) is 8.11. The molecule has 0 saturated heterocycles. The van der Waals surface area contributed by atoms with Gasteiger partial charge in [-0.2, -0.15) is 0 Å². The van der Waals surface area contributed by atoms with Gasteiger partial charge in [-0.05, 0) is 34.6 Å². The Kier molecular flexibility index (Phi) is 464. The van der Waals surface area contributed by atoms with Crippen molar-refractivity contribution in [3.8, 4) is 0 Å². The van der Waals surface area contributed by atoms with E-state index < -0.39 is 0 Å². The maximum atomic E-state index is 8.81. The summed E-state index contributed by atoms with van der Waals surface area (Å²) in [5.74, 6) is 0. The van der Waals surface area contributed by atoms with Crippen molar-refractivity contribution in [2.24, 2.45) is 0 Å². The van der Waals surface area contributed by atoms with E-state index in [1.165, 1.54) is 6.92 Å². The van der Waals surface area contributed by atoms with Gasteiger partial charge in [0.15, 0.2) is 0 Å². The van der Waals surface area contributed by atoms with Crippen LogP contribution in [0.3, 0.4) is 0 Å².